The second kappa shape index (κ2) is 17.2. The van der Waals surface area contributed by atoms with E-state index in [1.165, 1.54) is 25.3 Å². The van der Waals surface area contributed by atoms with Crippen LogP contribution < -0.4 is 21.1 Å². The molecule has 0 spiro atoms. The van der Waals surface area contributed by atoms with E-state index in [2.05, 4.69) is 62.7 Å². The zero-order valence-corrected chi connectivity index (χ0v) is 32.4. The minimum atomic E-state index is -0.289. The number of Topliss-reactive ketones (excluding diaryl/α,β-unsaturated/α-hetero) is 1. The van der Waals surface area contributed by atoms with Gasteiger partial charge in [-0.2, -0.15) is 4.98 Å². The molecule has 290 valence electrons. The first-order valence-electron chi connectivity index (χ1n) is 20.2. The van der Waals surface area contributed by atoms with Gasteiger partial charge in [0.05, 0.1) is 23.4 Å². The molecule has 2 N–H and O–H groups in total. The van der Waals surface area contributed by atoms with Crippen LogP contribution in [-0.2, 0) is 16.0 Å². The fourth-order valence-electron chi connectivity index (χ4n) is 9.20. The number of likely N-dealkylation sites (tertiary alicyclic amines) is 1. The highest BCUT2D eigenvalue weighted by Crippen LogP contribution is 2.33. The van der Waals surface area contributed by atoms with E-state index in [9.17, 15) is 19.2 Å². The standard InChI is InChI=1S/C43H54N8O4/c1-4-7-36(41(54)46-27-52)32-12-10-30(11-13-32)24-31-16-20-49(21-17-31)33-18-22-50(23-19-33)35-14-15-38(44-25-35)47-43-45-26-37-28(2)39(29(3)53)42(55)51(40(37)48-43)34-8-5-6-9-34/h10-15,25-27,31,33-34,36H,4-9,16-24H2,1-3H3,(H,46,52,54)(H,44,45,47,48). The lowest BCUT2D eigenvalue weighted by molar-refractivity contribution is -0.126. The van der Waals surface area contributed by atoms with Crippen LogP contribution in [0.25, 0.3) is 11.0 Å². The average Bonchev–Trinajstić information content (AvgIpc) is 3.73. The summed E-state index contributed by atoms with van der Waals surface area (Å²) in [6.45, 7) is 9.54. The Morgan fingerprint density at radius 3 is 2.27 bits per heavy atom. The molecule has 12 heteroatoms. The number of rotatable bonds is 13. The number of fused-ring (bicyclic) bond motifs is 1. The van der Waals surface area contributed by atoms with Crippen LogP contribution in [0.2, 0.25) is 0 Å². The van der Waals surface area contributed by atoms with E-state index in [-0.39, 0.29) is 34.8 Å². The number of nitrogens with zero attached hydrogens (tertiary/aromatic N) is 6. The van der Waals surface area contributed by atoms with Crippen molar-refractivity contribution in [1.82, 2.24) is 29.7 Å². The lowest BCUT2D eigenvalue weighted by Crippen LogP contribution is -2.48. The largest absolute Gasteiger partial charge is 0.370 e. The number of nitrogens with one attached hydrogen (secondary N) is 2. The molecular weight excluding hydrogens is 693 g/mol. The highest BCUT2D eigenvalue weighted by molar-refractivity contribution is 5.99. The first-order valence-corrected chi connectivity index (χ1v) is 20.2. The summed E-state index contributed by atoms with van der Waals surface area (Å²) in [6.07, 6.45) is 15.3. The number of carbonyl (C=O) groups excluding carboxylic acids is 3. The number of ketones is 1. The predicted molar refractivity (Wildman–Crippen MR) is 215 cm³/mol. The molecule has 5 heterocycles. The van der Waals surface area contributed by atoms with Crippen LogP contribution in [0.3, 0.4) is 0 Å². The molecule has 2 aliphatic heterocycles. The smallest absolute Gasteiger partial charge is 0.263 e. The van der Waals surface area contributed by atoms with Crippen LogP contribution in [-0.4, -0.2) is 74.7 Å². The third-order valence-electron chi connectivity index (χ3n) is 12.2. The van der Waals surface area contributed by atoms with E-state index in [1.54, 1.807) is 17.7 Å². The Morgan fingerprint density at radius 2 is 1.64 bits per heavy atom. The molecule has 1 atom stereocenters. The topological polar surface area (TPSA) is 142 Å². The second-order valence-electron chi connectivity index (χ2n) is 15.7. The van der Waals surface area contributed by atoms with Crippen molar-refractivity contribution in [1.29, 1.82) is 0 Å². The number of aryl methyl sites for hydroxylation is 1. The number of anilines is 3. The lowest BCUT2D eigenvalue weighted by Gasteiger charge is -2.42. The molecule has 3 aliphatic rings. The molecule has 12 nitrogen and oxygen atoms in total. The number of amides is 2. The highest BCUT2D eigenvalue weighted by atomic mass is 16.2. The molecular formula is C43H54N8O4. The Hall–Kier alpha value is -4.97. The third kappa shape index (κ3) is 8.49. The van der Waals surface area contributed by atoms with Gasteiger partial charge in [-0.1, -0.05) is 50.5 Å². The summed E-state index contributed by atoms with van der Waals surface area (Å²) in [5, 5.41) is 6.30. The molecule has 4 aromatic rings. The molecule has 0 bridgehead atoms. The summed E-state index contributed by atoms with van der Waals surface area (Å²) in [7, 11) is 0. The maximum Gasteiger partial charge on any atom is 0.263 e. The summed E-state index contributed by atoms with van der Waals surface area (Å²) >= 11 is 0. The van der Waals surface area contributed by atoms with E-state index in [0.29, 0.717) is 41.3 Å². The number of carbonyl (C=O) groups is 3. The summed E-state index contributed by atoms with van der Waals surface area (Å²) in [4.78, 5) is 68.4. The molecule has 1 aliphatic carbocycles. The predicted octanol–water partition coefficient (Wildman–Crippen LogP) is 6.64. The van der Waals surface area contributed by atoms with Gasteiger partial charge in [-0.05, 0) is 113 Å². The highest BCUT2D eigenvalue weighted by Gasteiger charge is 2.29. The Balaban J connectivity index is 0.910. The monoisotopic (exact) mass is 746 g/mol. The van der Waals surface area contributed by atoms with Gasteiger partial charge in [0.2, 0.25) is 18.3 Å². The number of hydrogen-bond donors (Lipinski definition) is 2. The SMILES string of the molecule is CCCC(C(=O)NC=O)c1ccc(CC2CCN(C3CCN(c4ccc(Nc5ncc6c(C)c(C(C)=O)c(=O)n(C7CCCC7)c6n5)nc4)CC3)CC2)cc1. The van der Waals surface area contributed by atoms with E-state index < -0.39 is 0 Å². The van der Waals surface area contributed by atoms with Crippen molar-refractivity contribution < 1.29 is 14.4 Å². The Bertz CT molecular complexity index is 2040. The zero-order valence-electron chi connectivity index (χ0n) is 32.4. The Kier molecular flexibility index (Phi) is 12.0. The summed E-state index contributed by atoms with van der Waals surface area (Å²) in [6, 6.07) is 13.1. The van der Waals surface area contributed by atoms with Crippen LogP contribution in [0.5, 0.6) is 0 Å². The van der Waals surface area contributed by atoms with Crippen LogP contribution in [0.15, 0.2) is 53.6 Å². The quantitative estimate of drug-likeness (QED) is 0.113. The fraction of sp³-hybridized carbons (Fsp3) is 0.512. The van der Waals surface area contributed by atoms with Crippen LogP contribution in [0.4, 0.5) is 17.5 Å². The normalized spacial score (nSPS) is 18.1. The van der Waals surface area contributed by atoms with Crippen molar-refractivity contribution in [2.24, 2.45) is 5.92 Å². The van der Waals surface area contributed by atoms with E-state index in [1.807, 2.05) is 12.3 Å². The summed E-state index contributed by atoms with van der Waals surface area (Å²) in [5.74, 6) is 0.913. The van der Waals surface area contributed by atoms with Crippen molar-refractivity contribution in [3.63, 3.8) is 0 Å². The Labute approximate surface area is 323 Å². The minimum absolute atomic E-state index is 0.0262. The average molecular weight is 747 g/mol. The van der Waals surface area contributed by atoms with Gasteiger partial charge in [-0.3, -0.25) is 29.1 Å². The first-order chi connectivity index (χ1) is 26.7. The van der Waals surface area contributed by atoms with Gasteiger partial charge >= 0.3 is 0 Å². The van der Waals surface area contributed by atoms with Crippen LogP contribution >= 0.6 is 0 Å². The molecule has 7 rings (SSSR count). The van der Waals surface area contributed by atoms with Crippen molar-refractivity contribution in [2.45, 2.75) is 109 Å². The van der Waals surface area contributed by atoms with Crippen LogP contribution in [0, 0.1) is 12.8 Å². The van der Waals surface area contributed by atoms with Crippen molar-refractivity contribution in [2.75, 3.05) is 36.4 Å². The molecule has 2 saturated heterocycles. The fourth-order valence-corrected chi connectivity index (χ4v) is 9.20. The van der Waals surface area contributed by atoms with Crippen LogP contribution in [0.1, 0.15) is 117 Å². The van der Waals surface area contributed by atoms with Crippen molar-refractivity contribution >= 4 is 46.6 Å². The van der Waals surface area contributed by atoms with Crippen molar-refractivity contribution in [3.05, 3.63) is 81.4 Å². The van der Waals surface area contributed by atoms with Gasteiger partial charge in [-0.25, -0.2) is 9.97 Å². The number of pyridine rings is 2. The first kappa shape index (κ1) is 38.3. The maximum atomic E-state index is 13.6. The molecule has 2 amide bonds. The molecule has 55 heavy (non-hydrogen) atoms. The van der Waals surface area contributed by atoms with Gasteiger partial charge in [0.15, 0.2) is 5.78 Å². The van der Waals surface area contributed by atoms with Gasteiger partial charge in [-0.15, -0.1) is 0 Å². The number of imide groups is 1. The number of piperidine rings is 2. The molecule has 3 aromatic heterocycles. The molecule has 3 fully saturated rings. The number of aromatic nitrogens is 4. The van der Waals surface area contributed by atoms with Gasteiger partial charge < -0.3 is 15.1 Å². The van der Waals surface area contributed by atoms with E-state index >= 15 is 0 Å². The van der Waals surface area contributed by atoms with Gasteiger partial charge in [0.1, 0.15) is 11.5 Å². The lowest BCUT2D eigenvalue weighted by atomic mass is 9.87. The van der Waals surface area contributed by atoms with Gasteiger partial charge in [0.25, 0.3) is 5.56 Å². The molecule has 1 unspecified atom stereocenters. The second-order valence-corrected chi connectivity index (χ2v) is 15.7. The maximum absolute atomic E-state index is 13.6. The summed E-state index contributed by atoms with van der Waals surface area (Å²) in [5.41, 5.74) is 4.55. The molecule has 1 saturated carbocycles. The van der Waals surface area contributed by atoms with Gasteiger partial charge in [0, 0.05) is 36.8 Å². The minimum Gasteiger partial charge on any atom is -0.370 e. The van der Waals surface area contributed by atoms with E-state index in [0.717, 1.165) is 101 Å². The van der Waals surface area contributed by atoms with E-state index in [4.69, 9.17) is 9.97 Å². The summed E-state index contributed by atoms with van der Waals surface area (Å²) < 4.78 is 1.73. The zero-order chi connectivity index (χ0) is 38.5. The Morgan fingerprint density at radius 1 is 0.909 bits per heavy atom. The number of benzene rings is 1. The molecule has 0 radical (unpaired) electrons. The van der Waals surface area contributed by atoms with Crippen molar-refractivity contribution in [3.8, 4) is 0 Å². The molecule has 1 aromatic carbocycles. The number of hydrogen-bond acceptors (Lipinski definition) is 10. The third-order valence-corrected chi connectivity index (χ3v) is 12.2.